The summed E-state index contributed by atoms with van der Waals surface area (Å²) in [5.74, 6) is -1.21. The number of amides is 2. The lowest BCUT2D eigenvalue weighted by atomic mass is 9.78. The summed E-state index contributed by atoms with van der Waals surface area (Å²) in [5, 5.41) is 6.24. The van der Waals surface area contributed by atoms with E-state index < -0.39 is 17.3 Å². The van der Waals surface area contributed by atoms with E-state index in [4.69, 9.17) is 16.3 Å². The van der Waals surface area contributed by atoms with Crippen molar-refractivity contribution in [2.24, 2.45) is 5.92 Å². The molecular formula is C22H21ClFN3O3. The van der Waals surface area contributed by atoms with Gasteiger partial charge in [0.05, 0.1) is 18.7 Å². The van der Waals surface area contributed by atoms with Crippen molar-refractivity contribution in [3.8, 4) is 5.75 Å². The molecule has 0 unspecified atom stereocenters. The van der Waals surface area contributed by atoms with Gasteiger partial charge in [-0.2, -0.15) is 0 Å². The molecule has 3 heterocycles. The average molecular weight is 430 g/mol. The van der Waals surface area contributed by atoms with Crippen molar-refractivity contribution in [1.82, 2.24) is 4.90 Å². The van der Waals surface area contributed by atoms with Crippen LogP contribution in [0.25, 0.3) is 0 Å². The summed E-state index contributed by atoms with van der Waals surface area (Å²) in [7, 11) is 1.51. The number of methoxy groups -OCH3 is 1. The number of carbonyl (C=O) groups excluding carboxylic acids is 2. The number of nitrogens with one attached hydrogen (secondary N) is 2. The van der Waals surface area contributed by atoms with Crippen LogP contribution in [0.2, 0.25) is 5.02 Å². The highest BCUT2D eigenvalue weighted by Gasteiger charge is 2.65. The van der Waals surface area contributed by atoms with Crippen LogP contribution in [0.1, 0.15) is 24.8 Å². The Balaban J connectivity index is 1.59. The van der Waals surface area contributed by atoms with Gasteiger partial charge >= 0.3 is 0 Å². The molecule has 0 aromatic heterocycles. The topological polar surface area (TPSA) is 70.7 Å². The van der Waals surface area contributed by atoms with Crippen molar-refractivity contribution in [1.29, 1.82) is 0 Å². The summed E-state index contributed by atoms with van der Waals surface area (Å²) in [6.45, 7) is 0.693. The second-order valence-corrected chi connectivity index (χ2v) is 8.46. The molecule has 2 N–H and O–H groups in total. The molecule has 2 amide bonds. The second-order valence-electron chi connectivity index (χ2n) is 8.02. The fourth-order valence-electron chi connectivity index (χ4n) is 5.39. The number of halogens is 2. The molecule has 6 nitrogen and oxygen atoms in total. The minimum atomic E-state index is -1.21. The summed E-state index contributed by atoms with van der Waals surface area (Å²) < 4.78 is 19.5. The molecule has 2 aromatic rings. The van der Waals surface area contributed by atoms with Crippen LogP contribution >= 0.6 is 11.6 Å². The van der Waals surface area contributed by atoms with E-state index in [9.17, 15) is 14.0 Å². The first-order chi connectivity index (χ1) is 14.4. The number of nitrogens with zero attached hydrogens (tertiary/aromatic N) is 1. The van der Waals surface area contributed by atoms with Gasteiger partial charge in [0, 0.05) is 22.3 Å². The molecule has 30 heavy (non-hydrogen) atoms. The van der Waals surface area contributed by atoms with Crippen molar-refractivity contribution >= 4 is 34.8 Å². The lowest BCUT2D eigenvalue weighted by Gasteiger charge is -2.36. The largest absolute Gasteiger partial charge is 0.495 e. The Morgan fingerprint density at radius 3 is 2.97 bits per heavy atom. The molecule has 0 radical (unpaired) electrons. The third-order valence-electron chi connectivity index (χ3n) is 6.56. The molecule has 3 atom stereocenters. The van der Waals surface area contributed by atoms with Crippen molar-refractivity contribution in [2.75, 3.05) is 24.3 Å². The minimum absolute atomic E-state index is 0.0991. The van der Waals surface area contributed by atoms with Crippen LogP contribution in [0.4, 0.5) is 15.8 Å². The van der Waals surface area contributed by atoms with Crippen LogP contribution < -0.4 is 15.4 Å². The number of carbonyl (C=O) groups is 2. The highest BCUT2D eigenvalue weighted by molar-refractivity contribution is 6.31. The molecule has 2 saturated heterocycles. The Morgan fingerprint density at radius 1 is 1.33 bits per heavy atom. The molecule has 0 saturated carbocycles. The fraction of sp³-hybridized carbons (Fsp3) is 0.364. The summed E-state index contributed by atoms with van der Waals surface area (Å²) in [5.41, 5.74) is 0.325. The molecular weight excluding hydrogens is 409 g/mol. The molecule has 3 aliphatic rings. The van der Waals surface area contributed by atoms with Crippen LogP contribution in [-0.2, 0) is 15.1 Å². The van der Waals surface area contributed by atoms with Crippen LogP contribution in [0.15, 0.2) is 36.4 Å². The standard InChI is InChI=1S/C22H21ClFN3O3/c1-30-19-7-4-12(23)9-18(19)25-20(28)16-11-14-3-2-8-27(14)22(16)15-10-13(24)5-6-17(15)26-21(22)29/h4-7,9-10,14,16H,2-3,8,11H2,1H3,(H,25,28)(H,26,29)/t14-,16+,22-/m0/s1. The summed E-state index contributed by atoms with van der Waals surface area (Å²) >= 11 is 6.10. The predicted octanol–water partition coefficient (Wildman–Crippen LogP) is 3.76. The van der Waals surface area contributed by atoms with Gasteiger partial charge in [0.1, 0.15) is 17.1 Å². The molecule has 5 rings (SSSR count). The number of hydrogen-bond acceptors (Lipinski definition) is 4. The van der Waals surface area contributed by atoms with Crippen molar-refractivity contribution < 1.29 is 18.7 Å². The van der Waals surface area contributed by atoms with Gasteiger partial charge in [0.15, 0.2) is 0 Å². The number of hydrogen-bond donors (Lipinski definition) is 2. The number of anilines is 2. The Kier molecular flexibility index (Phi) is 4.48. The third kappa shape index (κ3) is 2.65. The molecule has 156 valence electrons. The van der Waals surface area contributed by atoms with Gasteiger partial charge < -0.3 is 15.4 Å². The first kappa shape index (κ1) is 19.3. The molecule has 8 heteroatoms. The van der Waals surface area contributed by atoms with Crippen molar-refractivity contribution in [2.45, 2.75) is 30.8 Å². The predicted molar refractivity (Wildman–Crippen MR) is 111 cm³/mol. The molecule has 2 aromatic carbocycles. The van der Waals surface area contributed by atoms with Gasteiger partial charge in [-0.05, 0) is 62.2 Å². The number of ether oxygens (including phenoxy) is 1. The van der Waals surface area contributed by atoms with Gasteiger partial charge in [0.2, 0.25) is 11.8 Å². The van der Waals surface area contributed by atoms with Gasteiger partial charge in [-0.3, -0.25) is 14.5 Å². The summed E-state index contributed by atoms with van der Waals surface area (Å²) in [4.78, 5) is 29.0. The maximum Gasteiger partial charge on any atom is 0.250 e. The first-order valence-electron chi connectivity index (χ1n) is 9.97. The Morgan fingerprint density at radius 2 is 2.17 bits per heavy atom. The minimum Gasteiger partial charge on any atom is -0.495 e. The number of fused-ring (bicyclic) bond motifs is 4. The van der Waals surface area contributed by atoms with E-state index in [0.717, 1.165) is 12.8 Å². The quantitative estimate of drug-likeness (QED) is 0.779. The molecule has 2 fully saturated rings. The maximum atomic E-state index is 14.2. The summed E-state index contributed by atoms with van der Waals surface area (Å²) in [6.07, 6.45) is 2.38. The lowest BCUT2D eigenvalue weighted by molar-refractivity contribution is -0.135. The highest BCUT2D eigenvalue weighted by atomic mass is 35.5. The van der Waals surface area contributed by atoms with Crippen LogP contribution in [0.3, 0.4) is 0 Å². The Labute approximate surface area is 178 Å². The van der Waals surface area contributed by atoms with Crippen molar-refractivity contribution in [3.63, 3.8) is 0 Å². The Hall–Kier alpha value is -2.64. The zero-order valence-electron chi connectivity index (χ0n) is 16.4. The van der Waals surface area contributed by atoms with E-state index in [-0.39, 0.29) is 17.9 Å². The van der Waals surface area contributed by atoms with Gasteiger partial charge in [-0.25, -0.2) is 4.39 Å². The lowest BCUT2D eigenvalue weighted by Crippen LogP contribution is -2.53. The molecule has 3 aliphatic heterocycles. The SMILES string of the molecule is COc1ccc(Cl)cc1NC(=O)[C@H]1C[C@@H]2CCCN2[C@]12C(=O)Nc1ccc(F)cc12. The first-order valence-corrected chi connectivity index (χ1v) is 10.4. The second kappa shape index (κ2) is 6.96. The monoisotopic (exact) mass is 429 g/mol. The van der Waals surface area contributed by atoms with Crippen LogP contribution in [0, 0.1) is 11.7 Å². The van der Waals surface area contributed by atoms with Gasteiger partial charge in [0.25, 0.3) is 0 Å². The average Bonchev–Trinajstić information content (AvgIpc) is 3.37. The molecule has 0 bridgehead atoms. The van der Waals surface area contributed by atoms with Gasteiger partial charge in [-0.1, -0.05) is 11.6 Å². The van der Waals surface area contributed by atoms with Crippen LogP contribution in [0.5, 0.6) is 5.75 Å². The normalized spacial score (nSPS) is 27.1. The van der Waals surface area contributed by atoms with E-state index in [1.807, 2.05) is 0 Å². The Bertz CT molecular complexity index is 1060. The van der Waals surface area contributed by atoms with E-state index >= 15 is 0 Å². The van der Waals surface area contributed by atoms with E-state index in [1.54, 1.807) is 24.3 Å². The van der Waals surface area contributed by atoms with Gasteiger partial charge in [-0.15, -0.1) is 0 Å². The van der Waals surface area contributed by atoms with Crippen LogP contribution in [-0.4, -0.2) is 36.4 Å². The fourth-order valence-corrected chi connectivity index (χ4v) is 5.57. The highest BCUT2D eigenvalue weighted by Crippen LogP contribution is 2.55. The van der Waals surface area contributed by atoms with E-state index in [1.165, 1.54) is 19.2 Å². The van der Waals surface area contributed by atoms with Crippen molar-refractivity contribution in [3.05, 3.63) is 52.8 Å². The van der Waals surface area contributed by atoms with E-state index in [2.05, 4.69) is 15.5 Å². The molecule has 0 aliphatic carbocycles. The number of benzene rings is 2. The molecule has 1 spiro atoms. The summed E-state index contributed by atoms with van der Waals surface area (Å²) in [6, 6.07) is 9.33. The smallest absolute Gasteiger partial charge is 0.250 e. The van der Waals surface area contributed by atoms with E-state index in [0.29, 0.717) is 40.7 Å². The number of rotatable bonds is 3. The zero-order valence-corrected chi connectivity index (χ0v) is 17.1. The maximum absolute atomic E-state index is 14.2. The zero-order chi connectivity index (χ0) is 21.0. The third-order valence-corrected chi connectivity index (χ3v) is 6.80.